The lowest BCUT2D eigenvalue weighted by Gasteiger charge is -2.10. The fourth-order valence-electron chi connectivity index (χ4n) is 1.75. The third-order valence-corrected chi connectivity index (χ3v) is 2.68. The lowest BCUT2D eigenvalue weighted by Crippen LogP contribution is -2.21. The molecule has 0 radical (unpaired) electrons. The van der Waals surface area contributed by atoms with Crippen molar-refractivity contribution < 1.29 is 19.4 Å². The monoisotopic (exact) mass is 286 g/mol. The maximum absolute atomic E-state index is 11.9. The van der Waals surface area contributed by atoms with Crippen LogP contribution < -0.4 is 10.6 Å². The number of hydrogen-bond acceptors (Lipinski definition) is 4. The van der Waals surface area contributed by atoms with E-state index in [9.17, 15) is 14.7 Å². The van der Waals surface area contributed by atoms with Crippen LogP contribution in [0.25, 0.3) is 0 Å². The molecule has 2 aromatic carbocycles. The number of urea groups is 1. The van der Waals surface area contributed by atoms with Gasteiger partial charge < -0.3 is 20.5 Å². The highest BCUT2D eigenvalue weighted by atomic mass is 16.5. The van der Waals surface area contributed by atoms with Gasteiger partial charge in [0.05, 0.1) is 18.4 Å². The van der Waals surface area contributed by atoms with E-state index >= 15 is 0 Å². The predicted octanol–water partition coefficient (Wildman–Crippen LogP) is 2.82. The number of ether oxygens (including phenoxy) is 1. The maximum Gasteiger partial charge on any atom is 0.339 e. The van der Waals surface area contributed by atoms with Gasteiger partial charge in [0.25, 0.3) is 0 Å². The van der Waals surface area contributed by atoms with Crippen molar-refractivity contribution in [2.45, 2.75) is 0 Å². The minimum absolute atomic E-state index is 0.0442. The molecule has 2 rings (SSSR count). The molecule has 0 fully saturated rings. The summed E-state index contributed by atoms with van der Waals surface area (Å²) in [6.45, 7) is 0. The molecule has 0 saturated heterocycles. The van der Waals surface area contributed by atoms with E-state index in [-0.39, 0.29) is 11.3 Å². The molecule has 0 spiro atoms. The third kappa shape index (κ3) is 3.73. The molecule has 0 atom stereocenters. The molecule has 2 aromatic rings. The van der Waals surface area contributed by atoms with Gasteiger partial charge in [-0.05, 0) is 24.3 Å². The van der Waals surface area contributed by atoms with Gasteiger partial charge >= 0.3 is 12.0 Å². The van der Waals surface area contributed by atoms with Gasteiger partial charge in [-0.2, -0.15) is 0 Å². The average molecular weight is 286 g/mol. The zero-order valence-corrected chi connectivity index (χ0v) is 11.3. The lowest BCUT2D eigenvalue weighted by atomic mass is 10.2. The number of carbonyl (C=O) groups is 2. The van der Waals surface area contributed by atoms with Crippen molar-refractivity contribution in [3.8, 4) is 5.75 Å². The summed E-state index contributed by atoms with van der Waals surface area (Å²) in [4.78, 5) is 23.5. The SMILES string of the molecule is COC(=O)c1ccccc1NC(=O)Nc1cccc(O)c1. The van der Waals surface area contributed by atoms with Crippen LogP contribution in [0.1, 0.15) is 10.4 Å². The zero-order valence-electron chi connectivity index (χ0n) is 11.3. The first kappa shape index (κ1) is 14.4. The van der Waals surface area contributed by atoms with E-state index in [2.05, 4.69) is 15.4 Å². The number of phenolic OH excluding ortho intramolecular Hbond substituents is 1. The number of methoxy groups -OCH3 is 1. The number of benzene rings is 2. The number of anilines is 2. The number of phenols is 1. The number of carbonyl (C=O) groups excluding carboxylic acids is 2. The summed E-state index contributed by atoms with van der Waals surface area (Å²) in [5, 5.41) is 14.4. The number of aromatic hydroxyl groups is 1. The summed E-state index contributed by atoms with van der Waals surface area (Å²) >= 11 is 0. The largest absolute Gasteiger partial charge is 0.508 e. The van der Waals surface area contributed by atoms with Gasteiger partial charge in [-0.25, -0.2) is 9.59 Å². The molecule has 6 nitrogen and oxygen atoms in total. The van der Waals surface area contributed by atoms with Crippen LogP contribution in [0.15, 0.2) is 48.5 Å². The molecule has 108 valence electrons. The highest BCUT2D eigenvalue weighted by Gasteiger charge is 2.13. The molecule has 0 aliphatic carbocycles. The smallest absolute Gasteiger partial charge is 0.339 e. The van der Waals surface area contributed by atoms with Gasteiger partial charge in [0.2, 0.25) is 0 Å². The first-order chi connectivity index (χ1) is 10.1. The summed E-state index contributed by atoms with van der Waals surface area (Å²) in [7, 11) is 1.27. The van der Waals surface area contributed by atoms with Crippen molar-refractivity contribution >= 4 is 23.4 Å². The van der Waals surface area contributed by atoms with Gasteiger partial charge in [-0.1, -0.05) is 18.2 Å². The summed E-state index contributed by atoms with van der Waals surface area (Å²) < 4.78 is 4.65. The van der Waals surface area contributed by atoms with E-state index in [1.807, 2.05) is 0 Å². The molecule has 6 heteroatoms. The van der Waals surface area contributed by atoms with E-state index in [1.54, 1.807) is 36.4 Å². The van der Waals surface area contributed by atoms with E-state index in [4.69, 9.17) is 0 Å². The van der Waals surface area contributed by atoms with Crippen molar-refractivity contribution in [1.29, 1.82) is 0 Å². The highest BCUT2D eigenvalue weighted by Crippen LogP contribution is 2.18. The second kappa shape index (κ2) is 6.42. The van der Waals surface area contributed by atoms with E-state index < -0.39 is 12.0 Å². The van der Waals surface area contributed by atoms with Gasteiger partial charge in [-0.15, -0.1) is 0 Å². The molecule has 0 aliphatic rings. The number of para-hydroxylation sites is 1. The molecule has 21 heavy (non-hydrogen) atoms. The van der Waals surface area contributed by atoms with E-state index in [0.29, 0.717) is 11.4 Å². The van der Waals surface area contributed by atoms with Crippen molar-refractivity contribution in [2.75, 3.05) is 17.7 Å². The fraction of sp³-hybridized carbons (Fsp3) is 0.0667. The number of hydrogen-bond donors (Lipinski definition) is 3. The normalized spacial score (nSPS) is 9.76. The molecular weight excluding hydrogens is 272 g/mol. The molecule has 2 amide bonds. The summed E-state index contributed by atoms with van der Waals surface area (Å²) in [5.41, 5.74) is 1.02. The Morgan fingerprint density at radius 1 is 1.05 bits per heavy atom. The van der Waals surface area contributed by atoms with Crippen molar-refractivity contribution in [2.24, 2.45) is 0 Å². The molecule has 0 aromatic heterocycles. The predicted molar refractivity (Wildman–Crippen MR) is 78.5 cm³/mol. The highest BCUT2D eigenvalue weighted by molar-refractivity contribution is 6.05. The second-order valence-electron chi connectivity index (χ2n) is 4.17. The van der Waals surface area contributed by atoms with Gasteiger partial charge in [-0.3, -0.25) is 0 Å². The van der Waals surface area contributed by atoms with Crippen LogP contribution in [0.5, 0.6) is 5.75 Å². The fourth-order valence-corrected chi connectivity index (χ4v) is 1.75. The quantitative estimate of drug-likeness (QED) is 0.757. The summed E-state index contributed by atoms with van der Waals surface area (Å²) in [6, 6.07) is 12.1. The van der Waals surface area contributed by atoms with Crippen LogP contribution in [0.2, 0.25) is 0 Å². The standard InChI is InChI=1S/C15H14N2O4/c1-21-14(19)12-7-2-3-8-13(12)17-15(20)16-10-5-4-6-11(18)9-10/h2-9,18H,1H3,(H2,16,17,20). The van der Waals surface area contributed by atoms with Crippen LogP contribution in [0, 0.1) is 0 Å². The second-order valence-corrected chi connectivity index (χ2v) is 4.17. The summed E-state index contributed by atoms with van der Waals surface area (Å²) in [5.74, 6) is -0.494. The Balaban J connectivity index is 2.11. The minimum Gasteiger partial charge on any atom is -0.508 e. The van der Waals surface area contributed by atoms with Gasteiger partial charge in [0.1, 0.15) is 5.75 Å². The Bertz CT molecular complexity index is 670. The average Bonchev–Trinajstić information content (AvgIpc) is 2.47. The number of rotatable bonds is 3. The van der Waals surface area contributed by atoms with Crippen LogP contribution in [0.3, 0.4) is 0 Å². The van der Waals surface area contributed by atoms with Crippen molar-refractivity contribution in [3.63, 3.8) is 0 Å². The Morgan fingerprint density at radius 3 is 2.52 bits per heavy atom. The number of amides is 2. The van der Waals surface area contributed by atoms with Crippen LogP contribution in [-0.4, -0.2) is 24.2 Å². The van der Waals surface area contributed by atoms with Crippen molar-refractivity contribution in [1.82, 2.24) is 0 Å². The molecule has 0 saturated carbocycles. The molecule has 0 bridgehead atoms. The number of nitrogens with one attached hydrogen (secondary N) is 2. The minimum atomic E-state index is -0.539. The van der Waals surface area contributed by atoms with Gasteiger partial charge in [0, 0.05) is 11.8 Å². The molecule has 3 N–H and O–H groups in total. The van der Waals surface area contributed by atoms with Gasteiger partial charge in [0.15, 0.2) is 0 Å². The lowest BCUT2D eigenvalue weighted by molar-refractivity contribution is 0.0602. The zero-order chi connectivity index (χ0) is 15.2. The molecule has 0 aliphatic heterocycles. The number of esters is 1. The van der Waals surface area contributed by atoms with Crippen molar-refractivity contribution in [3.05, 3.63) is 54.1 Å². The van der Waals surface area contributed by atoms with Crippen LogP contribution >= 0.6 is 0 Å². The Hall–Kier alpha value is -3.02. The summed E-state index contributed by atoms with van der Waals surface area (Å²) in [6.07, 6.45) is 0. The first-order valence-electron chi connectivity index (χ1n) is 6.14. The molecular formula is C15H14N2O4. The van der Waals surface area contributed by atoms with E-state index in [0.717, 1.165) is 0 Å². The topological polar surface area (TPSA) is 87.7 Å². The Morgan fingerprint density at radius 2 is 1.81 bits per heavy atom. The van der Waals surface area contributed by atoms with E-state index in [1.165, 1.54) is 19.2 Å². The Labute approximate surface area is 121 Å². The van der Waals surface area contributed by atoms with Crippen LogP contribution in [0.4, 0.5) is 16.2 Å². The molecule has 0 unspecified atom stereocenters. The Kier molecular flexibility index (Phi) is 4.40. The third-order valence-electron chi connectivity index (χ3n) is 2.68. The van der Waals surface area contributed by atoms with Crippen LogP contribution in [-0.2, 0) is 4.74 Å². The molecule has 0 heterocycles. The maximum atomic E-state index is 11.9. The first-order valence-corrected chi connectivity index (χ1v) is 6.14.